The van der Waals surface area contributed by atoms with Gasteiger partial charge in [0.1, 0.15) is 6.10 Å². The standard InChI is InChI=1S/C10H20O4Si/c1-11-15(12-2)7-5-3-4-6-13-8-10-9-14-10/h5,7,10,15H,3-4,6,8-9H2,1-2H3/t10-/m0/s1. The minimum absolute atomic E-state index is 0.374. The van der Waals surface area contributed by atoms with Crippen LogP contribution in [-0.2, 0) is 18.3 Å². The molecule has 4 nitrogen and oxygen atoms in total. The molecule has 0 unspecified atom stereocenters. The summed E-state index contributed by atoms with van der Waals surface area (Å²) >= 11 is 0. The van der Waals surface area contributed by atoms with E-state index in [4.69, 9.17) is 18.3 Å². The second-order valence-electron chi connectivity index (χ2n) is 3.44. The molecule has 1 rings (SSSR count). The Balaban J connectivity index is 1.85. The van der Waals surface area contributed by atoms with E-state index < -0.39 is 9.28 Å². The second-order valence-corrected chi connectivity index (χ2v) is 5.50. The lowest BCUT2D eigenvalue weighted by Gasteiger charge is -2.04. The highest BCUT2D eigenvalue weighted by Gasteiger charge is 2.21. The van der Waals surface area contributed by atoms with Gasteiger partial charge in [-0.25, -0.2) is 0 Å². The van der Waals surface area contributed by atoms with Gasteiger partial charge in [0, 0.05) is 20.8 Å². The lowest BCUT2D eigenvalue weighted by atomic mass is 10.3. The summed E-state index contributed by atoms with van der Waals surface area (Å²) < 4.78 is 20.7. The molecule has 0 aliphatic carbocycles. The molecule has 0 aromatic rings. The van der Waals surface area contributed by atoms with Crippen molar-refractivity contribution in [1.29, 1.82) is 0 Å². The molecule has 1 aliphatic heterocycles. The summed E-state index contributed by atoms with van der Waals surface area (Å²) in [4.78, 5) is 0. The molecule has 0 amide bonds. The fourth-order valence-electron chi connectivity index (χ4n) is 1.14. The molecule has 1 aliphatic rings. The van der Waals surface area contributed by atoms with E-state index in [9.17, 15) is 0 Å². The molecule has 1 fully saturated rings. The number of unbranched alkanes of at least 4 members (excludes halogenated alkanes) is 1. The first-order valence-electron chi connectivity index (χ1n) is 5.28. The largest absolute Gasteiger partial charge is 0.397 e. The Morgan fingerprint density at radius 3 is 2.73 bits per heavy atom. The Labute approximate surface area is 93.0 Å². The molecular formula is C10H20O4Si. The molecule has 0 spiro atoms. The molecule has 1 heterocycles. The van der Waals surface area contributed by atoms with Crippen LogP contribution >= 0.6 is 0 Å². The molecular weight excluding hydrogens is 212 g/mol. The second kappa shape index (κ2) is 8.01. The minimum Gasteiger partial charge on any atom is -0.397 e. The number of hydrogen-bond acceptors (Lipinski definition) is 4. The summed E-state index contributed by atoms with van der Waals surface area (Å²) in [6.45, 7) is 2.42. The smallest absolute Gasteiger partial charge is 0.347 e. The van der Waals surface area contributed by atoms with Crippen molar-refractivity contribution in [3.05, 3.63) is 11.8 Å². The lowest BCUT2D eigenvalue weighted by molar-refractivity contribution is 0.115. The van der Waals surface area contributed by atoms with Crippen LogP contribution in [0.5, 0.6) is 0 Å². The molecule has 15 heavy (non-hydrogen) atoms. The zero-order chi connectivity index (χ0) is 10.9. The van der Waals surface area contributed by atoms with Crippen LogP contribution in [-0.4, -0.2) is 49.4 Å². The number of rotatable bonds is 9. The first kappa shape index (κ1) is 12.9. The van der Waals surface area contributed by atoms with E-state index >= 15 is 0 Å². The van der Waals surface area contributed by atoms with Crippen molar-refractivity contribution >= 4 is 9.28 Å². The van der Waals surface area contributed by atoms with Crippen LogP contribution in [0.15, 0.2) is 11.8 Å². The highest BCUT2D eigenvalue weighted by molar-refractivity contribution is 6.50. The first-order chi connectivity index (χ1) is 7.36. The predicted octanol–water partition coefficient (Wildman–Crippen LogP) is 0.791. The summed E-state index contributed by atoms with van der Waals surface area (Å²) in [7, 11) is 1.87. The van der Waals surface area contributed by atoms with Crippen molar-refractivity contribution in [2.75, 3.05) is 34.0 Å². The van der Waals surface area contributed by atoms with E-state index in [0.29, 0.717) is 6.10 Å². The van der Waals surface area contributed by atoms with Crippen LogP contribution in [0.2, 0.25) is 0 Å². The maximum absolute atomic E-state index is 5.41. The fraction of sp³-hybridized carbons (Fsp3) is 0.800. The molecule has 0 saturated carbocycles. The number of hydrogen-bond donors (Lipinski definition) is 0. The fourth-order valence-corrected chi connectivity index (χ4v) is 2.06. The SMILES string of the molecule is CO[SiH](C=CCCCOC[C@H]1CO1)OC. The Kier molecular flexibility index (Phi) is 6.87. The van der Waals surface area contributed by atoms with Crippen molar-refractivity contribution in [3.63, 3.8) is 0 Å². The van der Waals surface area contributed by atoms with Gasteiger partial charge in [-0.1, -0.05) is 6.08 Å². The molecule has 5 heteroatoms. The van der Waals surface area contributed by atoms with Gasteiger partial charge >= 0.3 is 9.28 Å². The van der Waals surface area contributed by atoms with Crippen molar-refractivity contribution in [2.45, 2.75) is 18.9 Å². The lowest BCUT2D eigenvalue weighted by Crippen LogP contribution is -2.15. The molecule has 0 aromatic heterocycles. The van der Waals surface area contributed by atoms with E-state index in [2.05, 4.69) is 6.08 Å². The Hall–Kier alpha value is -0.203. The summed E-state index contributed by atoms with van der Waals surface area (Å²) in [5.74, 6) is 0. The maximum atomic E-state index is 5.41. The third-order valence-corrected chi connectivity index (χ3v) is 3.64. The minimum atomic E-state index is -1.50. The van der Waals surface area contributed by atoms with E-state index in [-0.39, 0.29) is 0 Å². The molecule has 0 radical (unpaired) electrons. The maximum Gasteiger partial charge on any atom is 0.347 e. The van der Waals surface area contributed by atoms with Gasteiger partial charge < -0.3 is 18.3 Å². The summed E-state index contributed by atoms with van der Waals surface area (Å²) in [6, 6.07) is 0. The van der Waals surface area contributed by atoms with Crippen LogP contribution in [0.25, 0.3) is 0 Å². The molecule has 0 aromatic carbocycles. The van der Waals surface area contributed by atoms with Crippen molar-refractivity contribution < 1.29 is 18.3 Å². The number of ether oxygens (including phenoxy) is 2. The monoisotopic (exact) mass is 232 g/mol. The molecule has 0 N–H and O–H groups in total. The highest BCUT2D eigenvalue weighted by atomic mass is 28.3. The van der Waals surface area contributed by atoms with E-state index in [1.165, 1.54) is 0 Å². The third-order valence-electron chi connectivity index (χ3n) is 2.12. The Bertz CT molecular complexity index is 178. The van der Waals surface area contributed by atoms with Crippen LogP contribution in [0.3, 0.4) is 0 Å². The number of epoxide rings is 1. The van der Waals surface area contributed by atoms with Gasteiger partial charge in [0.25, 0.3) is 0 Å². The predicted molar refractivity (Wildman–Crippen MR) is 60.1 cm³/mol. The van der Waals surface area contributed by atoms with Crippen LogP contribution in [0.1, 0.15) is 12.8 Å². The number of allylic oxidation sites excluding steroid dienone is 1. The van der Waals surface area contributed by atoms with Crippen LogP contribution in [0.4, 0.5) is 0 Å². The van der Waals surface area contributed by atoms with E-state index in [1.54, 1.807) is 14.2 Å². The van der Waals surface area contributed by atoms with E-state index in [1.807, 2.05) is 5.70 Å². The topological polar surface area (TPSA) is 40.2 Å². The van der Waals surface area contributed by atoms with Gasteiger partial charge in [-0.3, -0.25) is 0 Å². The van der Waals surface area contributed by atoms with Gasteiger partial charge in [0.05, 0.1) is 13.2 Å². The van der Waals surface area contributed by atoms with Crippen LogP contribution < -0.4 is 0 Å². The van der Waals surface area contributed by atoms with Crippen molar-refractivity contribution in [3.8, 4) is 0 Å². The molecule has 0 bridgehead atoms. The summed E-state index contributed by atoms with van der Waals surface area (Å²) in [5.41, 5.74) is 2.05. The highest BCUT2D eigenvalue weighted by Crippen LogP contribution is 2.08. The molecule has 1 atom stereocenters. The Morgan fingerprint density at radius 2 is 2.13 bits per heavy atom. The first-order valence-corrected chi connectivity index (χ1v) is 6.89. The average Bonchev–Trinajstić information content (AvgIpc) is 3.06. The summed E-state index contributed by atoms with van der Waals surface area (Å²) in [5, 5.41) is 0. The normalized spacial score (nSPS) is 20.3. The van der Waals surface area contributed by atoms with Crippen molar-refractivity contribution in [2.24, 2.45) is 0 Å². The third kappa shape index (κ3) is 6.81. The molecule has 88 valence electrons. The summed E-state index contributed by atoms with van der Waals surface area (Å²) in [6.07, 6.45) is 4.54. The zero-order valence-electron chi connectivity index (χ0n) is 9.48. The van der Waals surface area contributed by atoms with Gasteiger partial charge in [-0.05, 0) is 18.5 Å². The Morgan fingerprint density at radius 1 is 1.40 bits per heavy atom. The van der Waals surface area contributed by atoms with Gasteiger partial charge in [0.15, 0.2) is 0 Å². The van der Waals surface area contributed by atoms with Gasteiger partial charge in [0.2, 0.25) is 0 Å². The quantitative estimate of drug-likeness (QED) is 0.335. The molecule has 1 saturated heterocycles. The van der Waals surface area contributed by atoms with Crippen LogP contribution in [0, 0.1) is 0 Å². The average molecular weight is 232 g/mol. The van der Waals surface area contributed by atoms with E-state index in [0.717, 1.165) is 32.7 Å². The van der Waals surface area contributed by atoms with Gasteiger partial charge in [-0.15, -0.1) is 0 Å². The van der Waals surface area contributed by atoms with Crippen molar-refractivity contribution in [1.82, 2.24) is 0 Å². The van der Waals surface area contributed by atoms with Gasteiger partial charge in [-0.2, -0.15) is 0 Å². The zero-order valence-corrected chi connectivity index (χ0v) is 10.6.